The second kappa shape index (κ2) is 12.1. The van der Waals surface area contributed by atoms with Crippen LogP contribution in [0.2, 0.25) is 0 Å². The van der Waals surface area contributed by atoms with Crippen molar-refractivity contribution in [2.75, 3.05) is 27.2 Å². The second-order valence-electron chi connectivity index (χ2n) is 7.65. The number of hydrogen-bond donors (Lipinski definition) is 0. The SMILES string of the molecule is C=C\C(=C/C=C/C(C1=CC=CC(C)C1)=C(/CC)c1ccccc1)OCCN(C)C. The van der Waals surface area contributed by atoms with Gasteiger partial charge in [-0.05, 0) is 67.3 Å². The van der Waals surface area contributed by atoms with Crippen LogP contribution in [0.25, 0.3) is 5.57 Å². The minimum atomic E-state index is 0.556. The zero-order valence-corrected chi connectivity index (χ0v) is 18.4. The quantitative estimate of drug-likeness (QED) is 0.331. The van der Waals surface area contributed by atoms with Crippen LogP contribution in [0.15, 0.2) is 96.3 Å². The topological polar surface area (TPSA) is 12.5 Å². The molecule has 2 nitrogen and oxygen atoms in total. The van der Waals surface area contributed by atoms with Gasteiger partial charge in [0.05, 0.1) is 0 Å². The molecule has 2 rings (SSSR count). The van der Waals surface area contributed by atoms with Gasteiger partial charge in [0.15, 0.2) is 0 Å². The maximum Gasteiger partial charge on any atom is 0.118 e. The number of nitrogens with zero attached hydrogens (tertiary/aromatic N) is 1. The zero-order chi connectivity index (χ0) is 21.1. The Balaban J connectivity index is 2.35. The van der Waals surface area contributed by atoms with E-state index in [-0.39, 0.29) is 0 Å². The Morgan fingerprint density at radius 3 is 2.62 bits per heavy atom. The standard InChI is InChI=1S/C27H35NO/c1-6-25(29-20-19-28(4)5)17-12-18-27(24-16-11-13-22(3)21-24)26(7-2)23-14-9-8-10-15-23/h6,8-18,22H,1,7,19-21H2,2-5H3/b18-12+,25-17+,27-26+. The van der Waals surface area contributed by atoms with Gasteiger partial charge in [0, 0.05) is 6.54 Å². The lowest BCUT2D eigenvalue weighted by Crippen LogP contribution is -2.17. The van der Waals surface area contributed by atoms with E-state index in [2.05, 4.69) is 86.0 Å². The summed E-state index contributed by atoms with van der Waals surface area (Å²) in [7, 11) is 4.08. The van der Waals surface area contributed by atoms with E-state index in [9.17, 15) is 0 Å². The number of benzene rings is 1. The minimum Gasteiger partial charge on any atom is -0.492 e. The molecule has 1 aliphatic carbocycles. The maximum atomic E-state index is 5.83. The van der Waals surface area contributed by atoms with Gasteiger partial charge >= 0.3 is 0 Å². The van der Waals surface area contributed by atoms with Gasteiger partial charge in [0.25, 0.3) is 0 Å². The number of allylic oxidation sites excluding steroid dienone is 10. The van der Waals surface area contributed by atoms with Gasteiger partial charge in [-0.15, -0.1) is 0 Å². The summed E-state index contributed by atoms with van der Waals surface area (Å²) in [6.07, 6.45) is 16.8. The van der Waals surface area contributed by atoms with Gasteiger partial charge in [-0.2, -0.15) is 0 Å². The summed E-state index contributed by atoms with van der Waals surface area (Å²) >= 11 is 0. The highest BCUT2D eigenvalue weighted by atomic mass is 16.5. The summed E-state index contributed by atoms with van der Waals surface area (Å²) in [5.41, 5.74) is 5.35. The lowest BCUT2D eigenvalue weighted by Gasteiger charge is -2.19. The number of likely N-dealkylation sites (N-methyl/N-ethyl adjacent to an activating group) is 1. The Bertz CT molecular complexity index is 806. The molecule has 1 atom stereocenters. The van der Waals surface area contributed by atoms with Gasteiger partial charge in [-0.1, -0.05) is 81.1 Å². The second-order valence-corrected chi connectivity index (χ2v) is 7.65. The van der Waals surface area contributed by atoms with Crippen molar-refractivity contribution in [1.82, 2.24) is 4.90 Å². The van der Waals surface area contributed by atoms with Crippen LogP contribution in [0.5, 0.6) is 0 Å². The predicted octanol–water partition coefficient (Wildman–Crippen LogP) is 6.58. The highest BCUT2D eigenvalue weighted by molar-refractivity contribution is 5.75. The van der Waals surface area contributed by atoms with Gasteiger partial charge in [0.1, 0.15) is 12.4 Å². The molecule has 2 heteroatoms. The first-order chi connectivity index (χ1) is 14.0. The molecule has 0 N–H and O–H groups in total. The van der Waals surface area contributed by atoms with Crippen LogP contribution in [0, 0.1) is 5.92 Å². The average molecular weight is 390 g/mol. The molecule has 0 amide bonds. The molecule has 0 bridgehead atoms. The normalized spacial score (nSPS) is 18.0. The summed E-state index contributed by atoms with van der Waals surface area (Å²) < 4.78 is 5.83. The number of rotatable bonds is 10. The van der Waals surface area contributed by atoms with E-state index in [4.69, 9.17) is 4.74 Å². The van der Waals surface area contributed by atoms with Gasteiger partial charge in [0.2, 0.25) is 0 Å². The van der Waals surface area contributed by atoms with Crippen LogP contribution < -0.4 is 0 Å². The van der Waals surface area contributed by atoms with E-state index >= 15 is 0 Å². The van der Waals surface area contributed by atoms with Crippen molar-refractivity contribution in [2.45, 2.75) is 26.7 Å². The number of hydrogen-bond acceptors (Lipinski definition) is 2. The first kappa shape index (κ1) is 22.7. The summed E-state index contributed by atoms with van der Waals surface area (Å²) in [5, 5.41) is 0. The average Bonchev–Trinajstić information content (AvgIpc) is 2.72. The van der Waals surface area contributed by atoms with Crippen LogP contribution in [-0.4, -0.2) is 32.1 Å². The Morgan fingerprint density at radius 2 is 2.00 bits per heavy atom. The third-order valence-corrected chi connectivity index (χ3v) is 4.96. The first-order valence-corrected chi connectivity index (χ1v) is 10.5. The summed E-state index contributed by atoms with van der Waals surface area (Å²) in [4.78, 5) is 2.11. The number of ether oxygens (including phenoxy) is 1. The summed E-state index contributed by atoms with van der Waals surface area (Å²) in [6.45, 7) is 9.92. The van der Waals surface area contributed by atoms with Crippen LogP contribution in [-0.2, 0) is 4.74 Å². The molecular weight excluding hydrogens is 354 g/mol. The van der Waals surface area contributed by atoms with Crippen molar-refractivity contribution in [2.24, 2.45) is 5.92 Å². The van der Waals surface area contributed by atoms with Crippen molar-refractivity contribution in [3.8, 4) is 0 Å². The summed E-state index contributed by atoms with van der Waals surface area (Å²) in [5.74, 6) is 1.35. The third kappa shape index (κ3) is 7.40. The molecule has 0 saturated carbocycles. The molecule has 0 radical (unpaired) electrons. The zero-order valence-electron chi connectivity index (χ0n) is 18.4. The molecule has 0 fully saturated rings. The molecule has 154 valence electrons. The maximum absolute atomic E-state index is 5.83. The lowest BCUT2D eigenvalue weighted by molar-refractivity contribution is 0.193. The van der Waals surface area contributed by atoms with Crippen LogP contribution in [0.4, 0.5) is 0 Å². The third-order valence-electron chi connectivity index (χ3n) is 4.96. The Hall–Kier alpha value is -2.58. The Labute approximate surface area is 177 Å². The molecule has 1 unspecified atom stereocenters. The van der Waals surface area contributed by atoms with E-state index < -0.39 is 0 Å². The molecular formula is C27H35NO. The minimum absolute atomic E-state index is 0.556. The lowest BCUT2D eigenvalue weighted by atomic mass is 9.85. The Kier molecular flexibility index (Phi) is 9.46. The van der Waals surface area contributed by atoms with Crippen LogP contribution >= 0.6 is 0 Å². The molecule has 1 aromatic rings. The van der Waals surface area contributed by atoms with Crippen LogP contribution in [0.1, 0.15) is 32.3 Å². The predicted molar refractivity (Wildman–Crippen MR) is 127 cm³/mol. The molecule has 0 saturated heterocycles. The van der Waals surface area contributed by atoms with E-state index in [1.165, 1.54) is 22.3 Å². The fourth-order valence-corrected chi connectivity index (χ4v) is 3.40. The van der Waals surface area contributed by atoms with Crippen molar-refractivity contribution in [3.63, 3.8) is 0 Å². The Morgan fingerprint density at radius 1 is 1.24 bits per heavy atom. The molecule has 0 aromatic heterocycles. The van der Waals surface area contributed by atoms with Crippen molar-refractivity contribution < 1.29 is 4.74 Å². The molecule has 0 aliphatic heterocycles. The van der Waals surface area contributed by atoms with Gasteiger partial charge in [-0.25, -0.2) is 0 Å². The first-order valence-electron chi connectivity index (χ1n) is 10.5. The smallest absolute Gasteiger partial charge is 0.118 e. The molecule has 1 aromatic carbocycles. The van der Waals surface area contributed by atoms with E-state index in [1.807, 2.05) is 20.2 Å². The molecule has 1 aliphatic rings. The summed E-state index contributed by atoms with van der Waals surface area (Å²) in [6, 6.07) is 10.7. The molecule has 0 heterocycles. The van der Waals surface area contributed by atoms with Gasteiger partial charge < -0.3 is 9.64 Å². The van der Waals surface area contributed by atoms with Crippen LogP contribution in [0.3, 0.4) is 0 Å². The van der Waals surface area contributed by atoms with E-state index in [1.54, 1.807) is 6.08 Å². The molecule has 29 heavy (non-hydrogen) atoms. The van der Waals surface area contributed by atoms with Crippen molar-refractivity contribution in [1.29, 1.82) is 0 Å². The van der Waals surface area contributed by atoms with Crippen molar-refractivity contribution in [3.05, 3.63) is 102 Å². The van der Waals surface area contributed by atoms with Crippen molar-refractivity contribution >= 4 is 5.57 Å². The fourth-order valence-electron chi connectivity index (χ4n) is 3.40. The highest BCUT2D eigenvalue weighted by Gasteiger charge is 2.14. The molecule has 0 spiro atoms. The van der Waals surface area contributed by atoms with Gasteiger partial charge in [-0.3, -0.25) is 0 Å². The highest BCUT2D eigenvalue weighted by Crippen LogP contribution is 2.33. The van der Waals surface area contributed by atoms with E-state index in [0.29, 0.717) is 12.5 Å². The fraction of sp³-hybridized carbons (Fsp3) is 0.333. The monoisotopic (exact) mass is 389 g/mol. The largest absolute Gasteiger partial charge is 0.492 e. The van der Waals surface area contributed by atoms with E-state index in [0.717, 1.165) is 25.1 Å².